The van der Waals surface area contributed by atoms with Crippen LogP contribution in [0.3, 0.4) is 0 Å². The van der Waals surface area contributed by atoms with Gasteiger partial charge in [-0.25, -0.2) is 10.5 Å². The van der Waals surface area contributed by atoms with E-state index in [1.807, 2.05) is 54.6 Å². The normalized spacial score (nSPS) is 11.0. The van der Waals surface area contributed by atoms with Crippen molar-refractivity contribution >= 4 is 23.6 Å². The number of carbonyl (C=O) groups is 1. The zero-order chi connectivity index (χ0) is 17.6. The number of halogens is 1. The van der Waals surface area contributed by atoms with Gasteiger partial charge in [0.15, 0.2) is 0 Å². The Kier molecular flexibility index (Phi) is 5.28. The molecule has 1 heterocycles. The lowest BCUT2D eigenvalue weighted by Gasteiger charge is -2.01. The summed E-state index contributed by atoms with van der Waals surface area (Å²) in [5.41, 5.74) is 5.12. The van der Waals surface area contributed by atoms with Crippen LogP contribution in [-0.2, 0) is 11.2 Å². The largest absolute Gasteiger partial charge is 0.332 e. The Hall–Kier alpha value is -2.89. The molecule has 0 fully saturated rings. The van der Waals surface area contributed by atoms with E-state index in [2.05, 4.69) is 9.97 Å². The maximum atomic E-state index is 11.1. The zero-order valence-electron chi connectivity index (χ0n) is 13.2. The van der Waals surface area contributed by atoms with Crippen LogP contribution in [0.4, 0.5) is 0 Å². The fourth-order valence-corrected chi connectivity index (χ4v) is 2.74. The minimum Gasteiger partial charge on any atom is -0.332 e. The lowest BCUT2D eigenvalue weighted by Crippen LogP contribution is -2.14. The third kappa shape index (κ3) is 4.35. The van der Waals surface area contributed by atoms with Gasteiger partial charge in [-0.15, -0.1) is 0 Å². The maximum Gasteiger partial charge on any atom is 0.267 e. The number of benzene rings is 2. The van der Waals surface area contributed by atoms with Crippen molar-refractivity contribution in [3.05, 3.63) is 82.8 Å². The first-order valence-corrected chi connectivity index (χ1v) is 8.04. The fourth-order valence-electron chi connectivity index (χ4n) is 2.48. The van der Waals surface area contributed by atoms with Crippen molar-refractivity contribution in [1.82, 2.24) is 15.4 Å². The SMILES string of the molecule is O=C(/C=C/c1cccc(Cc2nc(-c3ccccc3)c(Cl)[nH]2)c1)NO. The first kappa shape index (κ1) is 17.0. The minimum absolute atomic E-state index is 0.511. The second-order valence-corrected chi connectivity index (χ2v) is 5.82. The number of hydrogen-bond acceptors (Lipinski definition) is 3. The van der Waals surface area contributed by atoms with Crippen molar-refractivity contribution in [3.63, 3.8) is 0 Å². The summed E-state index contributed by atoms with van der Waals surface area (Å²) >= 11 is 6.28. The van der Waals surface area contributed by atoms with Gasteiger partial charge >= 0.3 is 0 Å². The molecule has 0 bridgehead atoms. The van der Waals surface area contributed by atoms with E-state index in [9.17, 15) is 4.79 Å². The molecular formula is C19H16ClN3O2. The third-order valence-electron chi connectivity index (χ3n) is 3.62. The highest BCUT2D eigenvalue weighted by atomic mass is 35.5. The molecule has 0 unspecified atom stereocenters. The molecule has 0 aliphatic rings. The van der Waals surface area contributed by atoms with Crippen molar-refractivity contribution in [3.8, 4) is 11.3 Å². The molecule has 0 aliphatic heterocycles. The van der Waals surface area contributed by atoms with E-state index in [0.717, 1.165) is 28.2 Å². The molecule has 1 amide bonds. The van der Waals surface area contributed by atoms with Gasteiger partial charge in [-0.2, -0.15) is 0 Å². The molecule has 1 aromatic heterocycles. The summed E-state index contributed by atoms with van der Waals surface area (Å²) in [6.07, 6.45) is 3.47. The quantitative estimate of drug-likeness (QED) is 0.370. The average molecular weight is 354 g/mol. The van der Waals surface area contributed by atoms with Gasteiger partial charge in [-0.3, -0.25) is 10.0 Å². The number of hydrogen-bond donors (Lipinski definition) is 3. The van der Waals surface area contributed by atoms with Crippen molar-refractivity contribution in [1.29, 1.82) is 0 Å². The highest BCUT2D eigenvalue weighted by Crippen LogP contribution is 2.26. The van der Waals surface area contributed by atoms with Crippen LogP contribution in [-0.4, -0.2) is 21.1 Å². The van der Waals surface area contributed by atoms with E-state index >= 15 is 0 Å². The molecule has 126 valence electrons. The fraction of sp³-hybridized carbons (Fsp3) is 0.0526. The van der Waals surface area contributed by atoms with E-state index in [1.165, 1.54) is 6.08 Å². The van der Waals surface area contributed by atoms with Gasteiger partial charge < -0.3 is 4.98 Å². The molecule has 25 heavy (non-hydrogen) atoms. The summed E-state index contributed by atoms with van der Waals surface area (Å²) in [6.45, 7) is 0. The molecule has 2 aromatic carbocycles. The number of amides is 1. The number of hydroxylamine groups is 1. The highest BCUT2D eigenvalue weighted by Gasteiger charge is 2.10. The Bertz CT molecular complexity index is 904. The second-order valence-electron chi connectivity index (χ2n) is 5.44. The first-order valence-electron chi connectivity index (χ1n) is 7.66. The summed E-state index contributed by atoms with van der Waals surface area (Å²) in [6, 6.07) is 17.4. The molecule has 5 nitrogen and oxygen atoms in total. The Balaban J connectivity index is 1.79. The molecule has 0 atom stereocenters. The van der Waals surface area contributed by atoms with Crippen LogP contribution in [0.25, 0.3) is 17.3 Å². The van der Waals surface area contributed by atoms with E-state index in [1.54, 1.807) is 11.6 Å². The van der Waals surface area contributed by atoms with Gasteiger partial charge in [-0.1, -0.05) is 66.2 Å². The van der Waals surface area contributed by atoms with E-state index < -0.39 is 5.91 Å². The number of aromatic amines is 1. The molecule has 0 radical (unpaired) electrons. The van der Waals surface area contributed by atoms with Crippen LogP contribution in [0.1, 0.15) is 17.0 Å². The second kappa shape index (κ2) is 7.79. The third-order valence-corrected chi connectivity index (χ3v) is 3.89. The number of rotatable bonds is 5. The summed E-state index contributed by atoms with van der Waals surface area (Å²) in [5, 5.41) is 9.02. The lowest BCUT2D eigenvalue weighted by atomic mass is 10.1. The number of nitrogens with zero attached hydrogens (tertiary/aromatic N) is 1. The molecule has 0 aliphatic carbocycles. The standard InChI is InChI=1S/C19H16ClN3O2/c20-19-18(15-7-2-1-3-8-15)21-16(22-19)12-14-6-4-5-13(11-14)9-10-17(24)23-25/h1-11,25H,12H2,(H,21,22)(H,23,24)/b10-9+. The topological polar surface area (TPSA) is 78.0 Å². The van der Waals surface area contributed by atoms with Gasteiger partial charge in [0.1, 0.15) is 16.7 Å². The van der Waals surface area contributed by atoms with E-state index in [0.29, 0.717) is 11.6 Å². The van der Waals surface area contributed by atoms with Gasteiger partial charge in [0, 0.05) is 18.1 Å². The van der Waals surface area contributed by atoms with Crippen LogP contribution < -0.4 is 5.48 Å². The number of H-pyrrole nitrogens is 1. The minimum atomic E-state index is -0.573. The Morgan fingerprint density at radius 1 is 1.20 bits per heavy atom. The molecule has 0 saturated carbocycles. The molecule has 3 rings (SSSR count). The predicted molar refractivity (Wildman–Crippen MR) is 97.2 cm³/mol. The average Bonchev–Trinajstić information content (AvgIpc) is 3.01. The van der Waals surface area contributed by atoms with Crippen molar-refractivity contribution < 1.29 is 10.0 Å². The molecule has 3 N–H and O–H groups in total. The number of aromatic nitrogens is 2. The lowest BCUT2D eigenvalue weighted by molar-refractivity contribution is -0.124. The summed E-state index contributed by atoms with van der Waals surface area (Å²) in [5.74, 6) is 0.189. The molecule has 3 aromatic rings. The predicted octanol–water partition coefficient (Wildman–Crippen LogP) is 3.84. The van der Waals surface area contributed by atoms with Gasteiger partial charge in [-0.05, 0) is 17.2 Å². The van der Waals surface area contributed by atoms with Gasteiger partial charge in [0.25, 0.3) is 5.91 Å². The Morgan fingerprint density at radius 3 is 2.76 bits per heavy atom. The summed E-state index contributed by atoms with van der Waals surface area (Å²) in [4.78, 5) is 18.8. The van der Waals surface area contributed by atoms with Gasteiger partial charge in [0.2, 0.25) is 0 Å². The monoisotopic (exact) mass is 353 g/mol. The van der Waals surface area contributed by atoms with Crippen LogP contribution >= 0.6 is 11.6 Å². The highest BCUT2D eigenvalue weighted by molar-refractivity contribution is 6.31. The van der Waals surface area contributed by atoms with Crippen LogP contribution in [0.5, 0.6) is 0 Å². The smallest absolute Gasteiger partial charge is 0.267 e. The Labute approximate surface area is 150 Å². The van der Waals surface area contributed by atoms with E-state index in [-0.39, 0.29) is 0 Å². The maximum absolute atomic E-state index is 11.1. The molecule has 0 saturated heterocycles. The van der Waals surface area contributed by atoms with Crippen molar-refractivity contribution in [2.45, 2.75) is 6.42 Å². The zero-order valence-corrected chi connectivity index (χ0v) is 14.0. The number of nitrogens with one attached hydrogen (secondary N) is 2. The summed E-state index contributed by atoms with van der Waals surface area (Å²) < 4.78 is 0. The number of imidazole rings is 1. The summed E-state index contributed by atoms with van der Waals surface area (Å²) in [7, 11) is 0. The van der Waals surface area contributed by atoms with Crippen LogP contribution in [0, 0.1) is 0 Å². The van der Waals surface area contributed by atoms with Crippen LogP contribution in [0.2, 0.25) is 5.15 Å². The first-order chi connectivity index (χ1) is 12.2. The van der Waals surface area contributed by atoms with Crippen LogP contribution in [0.15, 0.2) is 60.7 Å². The van der Waals surface area contributed by atoms with Crippen molar-refractivity contribution in [2.24, 2.45) is 0 Å². The number of carbonyl (C=O) groups excluding carboxylic acids is 1. The molecule has 0 spiro atoms. The molecular weight excluding hydrogens is 338 g/mol. The van der Waals surface area contributed by atoms with Crippen molar-refractivity contribution in [2.75, 3.05) is 0 Å². The molecule has 6 heteroatoms. The Morgan fingerprint density at radius 2 is 2.00 bits per heavy atom. The van der Waals surface area contributed by atoms with Gasteiger partial charge in [0.05, 0.1) is 0 Å². The van der Waals surface area contributed by atoms with E-state index in [4.69, 9.17) is 16.8 Å².